The maximum absolute atomic E-state index is 13.9. The Morgan fingerprint density at radius 3 is 2.21 bits per heavy atom. The molecule has 222 valence electrons. The van der Waals surface area contributed by atoms with Gasteiger partial charge < -0.3 is 18.9 Å². The van der Waals surface area contributed by atoms with Gasteiger partial charge in [-0.15, -0.1) is 0 Å². The van der Waals surface area contributed by atoms with Crippen LogP contribution < -0.4 is 29.1 Å². The zero-order chi connectivity index (χ0) is 30.5. The number of allylic oxidation sites excluding steroid dienone is 1. The van der Waals surface area contributed by atoms with Gasteiger partial charge in [-0.1, -0.05) is 47.7 Å². The molecule has 0 amide bonds. The van der Waals surface area contributed by atoms with E-state index in [1.54, 1.807) is 32.4 Å². The monoisotopic (exact) mass is 598 g/mol. The third kappa shape index (κ3) is 6.73. The van der Waals surface area contributed by atoms with Crippen LogP contribution in [0.2, 0.25) is 0 Å². The zero-order valence-electron chi connectivity index (χ0n) is 24.8. The summed E-state index contributed by atoms with van der Waals surface area (Å²) in [7, 11) is 1.64. The van der Waals surface area contributed by atoms with Crippen molar-refractivity contribution in [1.29, 1.82) is 0 Å². The quantitative estimate of drug-likeness (QED) is 0.234. The van der Waals surface area contributed by atoms with Crippen molar-refractivity contribution in [2.75, 3.05) is 13.7 Å². The topological polar surface area (TPSA) is 88.4 Å². The second kappa shape index (κ2) is 13.1. The Bertz CT molecular complexity index is 1800. The van der Waals surface area contributed by atoms with Crippen LogP contribution in [-0.2, 0) is 16.1 Å². The van der Waals surface area contributed by atoms with E-state index in [4.69, 9.17) is 18.9 Å². The van der Waals surface area contributed by atoms with Crippen molar-refractivity contribution in [2.45, 2.75) is 46.4 Å². The molecule has 1 atom stereocenters. The van der Waals surface area contributed by atoms with Gasteiger partial charge in [0.2, 0.25) is 0 Å². The standard InChI is InChI=1S/C34H34N2O6S/c1-6-40-27-17-11-25(12-18-27)31-30(33(38)42-21(2)3)22(4)35-34-36(31)32(37)29(43-34)19-23-7-15-28(16-8-23)41-20-24-9-13-26(39-5)14-10-24/h7-19,21,31H,6,20H2,1-5H3/b29-19+/t31-/m1/s1. The number of nitrogens with zero attached hydrogens (tertiary/aromatic N) is 2. The first-order chi connectivity index (χ1) is 20.8. The molecule has 5 rings (SSSR count). The van der Waals surface area contributed by atoms with E-state index in [-0.39, 0.29) is 11.7 Å². The minimum Gasteiger partial charge on any atom is -0.497 e. The van der Waals surface area contributed by atoms with Crippen LogP contribution in [-0.4, -0.2) is 30.4 Å². The fourth-order valence-corrected chi connectivity index (χ4v) is 5.84. The zero-order valence-corrected chi connectivity index (χ0v) is 25.6. The summed E-state index contributed by atoms with van der Waals surface area (Å²) in [5, 5.41) is 0. The SMILES string of the molecule is CCOc1ccc([C@@H]2C(C(=O)OC(C)C)=C(C)N=c3s/c(=C/c4ccc(OCc5ccc(OC)cc5)cc4)c(=O)n32)cc1. The smallest absolute Gasteiger partial charge is 0.338 e. The number of rotatable bonds is 10. The van der Waals surface area contributed by atoms with Crippen molar-refractivity contribution >= 4 is 23.4 Å². The summed E-state index contributed by atoms with van der Waals surface area (Å²) in [6.07, 6.45) is 1.51. The maximum atomic E-state index is 13.9. The largest absolute Gasteiger partial charge is 0.497 e. The average molecular weight is 599 g/mol. The lowest BCUT2D eigenvalue weighted by molar-refractivity contribution is -0.143. The van der Waals surface area contributed by atoms with Gasteiger partial charge in [-0.25, -0.2) is 9.79 Å². The van der Waals surface area contributed by atoms with Crippen LogP contribution in [0, 0.1) is 0 Å². The molecule has 8 nitrogen and oxygen atoms in total. The molecule has 9 heteroatoms. The fourth-order valence-electron chi connectivity index (χ4n) is 4.79. The number of methoxy groups -OCH3 is 1. The number of thiazole rings is 1. The van der Waals surface area contributed by atoms with E-state index in [0.29, 0.717) is 45.3 Å². The van der Waals surface area contributed by atoms with Crippen molar-refractivity contribution in [1.82, 2.24) is 4.57 Å². The first-order valence-corrected chi connectivity index (χ1v) is 14.9. The Hall–Kier alpha value is -4.63. The maximum Gasteiger partial charge on any atom is 0.338 e. The number of fused-ring (bicyclic) bond motifs is 1. The van der Waals surface area contributed by atoms with Crippen LogP contribution in [0.15, 0.2) is 93.9 Å². The van der Waals surface area contributed by atoms with Crippen molar-refractivity contribution < 1.29 is 23.7 Å². The van der Waals surface area contributed by atoms with E-state index in [2.05, 4.69) is 4.99 Å². The number of ether oxygens (including phenoxy) is 4. The lowest BCUT2D eigenvalue weighted by Gasteiger charge is -2.25. The fraction of sp³-hybridized carbons (Fsp3) is 0.265. The molecule has 0 bridgehead atoms. The first kappa shape index (κ1) is 29.8. The van der Waals surface area contributed by atoms with Gasteiger partial charge >= 0.3 is 5.97 Å². The highest BCUT2D eigenvalue weighted by Crippen LogP contribution is 2.32. The number of hydrogen-bond acceptors (Lipinski definition) is 8. The summed E-state index contributed by atoms with van der Waals surface area (Å²) in [5.74, 6) is 1.73. The Morgan fingerprint density at radius 1 is 0.953 bits per heavy atom. The normalized spacial score (nSPS) is 14.7. The molecule has 0 fully saturated rings. The third-order valence-electron chi connectivity index (χ3n) is 6.83. The predicted molar refractivity (Wildman–Crippen MR) is 166 cm³/mol. The van der Waals surface area contributed by atoms with E-state index in [1.165, 1.54) is 11.3 Å². The van der Waals surface area contributed by atoms with Gasteiger partial charge in [0, 0.05) is 0 Å². The van der Waals surface area contributed by atoms with Gasteiger partial charge in [-0.05, 0) is 86.9 Å². The number of carbonyl (C=O) groups excluding carboxylic acids is 1. The molecule has 1 aromatic heterocycles. The summed E-state index contributed by atoms with van der Waals surface area (Å²) in [4.78, 5) is 32.4. The van der Waals surface area contributed by atoms with Gasteiger partial charge in [0.1, 0.15) is 23.9 Å². The molecule has 0 aliphatic carbocycles. The van der Waals surface area contributed by atoms with Crippen LogP contribution in [0.4, 0.5) is 0 Å². The first-order valence-electron chi connectivity index (χ1n) is 14.1. The lowest BCUT2D eigenvalue weighted by Crippen LogP contribution is -2.40. The highest BCUT2D eigenvalue weighted by atomic mass is 32.1. The molecule has 0 saturated heterocycles. The van der Waals surface area contributed by atoms with Crippen molar-refractivity contribution in [2.24, 2.45) is 4.99 Å². The van der Waals surface area contributed by atoms with E-state index in [0.717, 1.165) is 22.4 Å². The van der Waals surface area contributed by atoms with Gasteiger partial charge in [0.05, 0.1) is 41.7 Å². The van der Waals surface area contributed by atoms with E-state index in [9.17, 15) is 9.59 Å². The second-order valence-electron chi connectivity index (χ2n) is 10.2. The third-order valence-corrected chi connectivity index (χ3v) is 7.82. The molecule has 0 radical (unpaired) electrons. The summed E-state index contributed by atoms with van der Waals surface area (Å²) in [6.45, 7) is 8.25. The molecular weight excluding hydrogens is 564 g/mol. The molecule has 4 aromatic rings. The molecule has 43 heavy (non-hydrogen) atoms. The Kier molecular flexibility index (Phi) is 9.11. The number of hydrogen-bond donors (Lipinski definition) is 0. The molecule has 0 saturated carbocycles. The summed E-state index contributed by atoms with van der Waals surface area (Å²) in [6, 6.07) is 22.0. The highest BCUT2D eigenvalue weighted by Gasteiger charge is 2.33. The van der Waals surface area contributed by atoms with Crippen LogP contribution in [0.25, 0.3) is 6.08 Å². The van der Waals surface area contributed by atoms with Crippen LogP contribution in [0.5, 0.6) is 17.2 Å². The van der Waals surface area contributed by atoms with Gasteiger partial charge in [0.15, 0.2) is 4.80 Å². The molecule has 3 aromatic carbocycles. The number of carbonyl (C=O) groups is 1. The Morgan fingerprint density at radius 2 is 1.58 bits per heavy atom. The van der Waals surface area contributed by atoms with Crippen molar-refractivity contribution in [3.63, 3.8) is 0 Å². The number of benzene rings is 3. The van der Waals surface area contributed by atoms with Gasteiger partial charge in [0.25, 0.3) is 5.56 Å². The lowest BCUT2D eigenvalue weighted by atomic mass is 9.96. The highest BCUT2D eigenvalue weighted by molar-refractivity contribution is 7.07. The predicted octanol–water partition coefficient (Wildman–Crippen LogP) is 5.17. The molecule has 1 aliphatic heterocycles. The molecular formula is C34H34N2O6S. The molecule has 0 N–H and O–H groups in total. The molecule has 2 heterocycles. The minimum atomic E-state index is -0.686. The average Bonchev–Trinajstić information content (AvgIpc) is 3.30. The molecule has 1 aliphatic rings. The minimum absolute atomic E-state index is 0.232. The summed E-state index contributed by atoms with van der Waals surface area (Å²) in [5.41, 5.74) is 3.27. The van der Waals surface area contributed by atoms with Crippen molar-refractivity contribution in [3.8, 4) is 17.2 Å². The number of aromatic nitrogens is 1. The number of esters is 1. The van der Waals surface area contributed by atoms with Crippen LogP contribution in [0.1, 0.15) is 50.4 Å². The van der Waals surface area contributed by atoms with E-state index < -0.39 is 12.0 Å². The molecule has 0 unspecified atom stereocenters. The molecule has 0 spiro atoms. The second-order valence-corrected chi connectivity index (χ2v) is 11.3. The van der Waals surface area contributed by atoms with Crippen molar-refractivity contribution in [3.05, 3.63) is 120 Å². The Labute approximate surface area is 254 Å². The van der Waals surface area contributed by atoms with Crippen LogP contribution >= 0.6 is 11.3 Å². The summed E-state index contributed by atoms with van der Waals surface area (Å²) < 4.78 is 24.4. The van der Waals surface area contributed by atoms with Gasteiger partial charge in [-0.2, -0.15) is 0 Å². The van der Waals surface area contributed by atoms with Gasteiger partial charge in [-0.3, -0.25) is 9.36 Å². The van der Waals surface area contributed by atoms with Crippen LogP contribution in [0.3, 0.4) is 0 Å². The summed E-state index contributed by atoms with van der Waals surface area (Å²) >= 11 is 1.29. The van der Waals surface area contributed by atoms with E-state index >= 15 is 0 Å². The Balaban J connectivity index is 1.46. The van der Waals surface area contributed by atoms with E-state index in [1.807, 2.05) is 85.8 Å².